The lowest BCUT2D eigenvalue weighted by Crippen LogP contribution is -2.55. The van der Waals surface area contributed by atoms with Crippen LogP contribution in [0.1, 0.15) is 37.7 Å². The van der Waals surface area contributed by atoms with Gasteiger partial charge in [0.15, 0.2) is 0 Å². The molecule has 0 aliphatic carbocycles. The van der Waals surface area contributed by atoms with Crippen LogP contribution in [0.5, 0.6) is 0 Å². The van der Waals surface area contributed by atoms with Crippen LogP contribution < -0.4 is 4.90 Å². The summed E-state index contributed by atoms with van der Waals surface area (Å²) in [5, 5.41) is 11.3. The van der Waals surface area contributed by atoms with E-state index >= 15 is 0 Å². The molecule has 1 atom stereocenters. The van der Waals surface area contributed by atoms with E-state index in [1.165, 1.54) is 0 Å². The van der Waals surface area contributed by atoms with Gasteiger partial charge in [0.1, 0.15) is 18.0 Å². The molecule has 2 aromatic heterocycles. The number of para-hydroxylation sites is 2. The van der Waals surface area contributed by atoms with Crippen LogP contribution >= 0.6 is 0 Å². The van der Waals surface area contributed by atoms with Crippen molar-refractivity contribution in [3.05, 3.63) is 48.2 Å². The Balaban J connectivity index is 1.39. The number of aryl methyl sites for hydroxylation is 3. The second-order valence-corrected chi connectivity index (χ2v) is 8.79. The van der Waals surface area contributed by atoms with Gasteiger partial charge < -0.3 is 19.5 Å². The maximum atomic E-state index is 12.9. The third-order valence-corrected chi connectivity index (χ3v) is 6.23. The van der Waals surface area contributed by atoms with Crippen LogP contribution in [0.15, 0.2) is 36.7 Å². The number of likely N-dealkylation sites (N-methyl/N-ethyl adjacent to an activating group) is 1. The van der Waals surface area contributed by atoms with Crippen LogP contribution in [0.25, 0.3) is 11.0 Å². The molecule has 1 aliphatic heterocycles. The fraction of sp³-hybridized carbons (Fsp3) is 0.500. The Kier molecular flexibility index (Phi) is 6.41. The fourth-order valence-corrected chi connectivity index (χ4v) is 4.62. The largest absolute Gasteiger partial charge is 0.386 e. The molecule has 1 amide bonds. The molecule has 0 radical (unpaired) electrons. The Morgan fingerprint density at radius 2 is 2.09 bits per heavy atom. The van der Waals surface area contributed by atoms with Crippen molar-refractivity contribution in [1.29, 1.82) is 0 Å². The maximum Gasteiger partial charge on any atom is 0.224 e. The van der Waals surface area contributed by atoms with Gasteiger partial charge in [0.25, 0.3) is 0 Å². The molecule has 0 spiro atoms. The molecule has 0 saturated carbocycles. The maximum absolute atomic E-state index is 12.9. The zero-order valence-corrected chi connectivity index (χ0v) is 19.2. The van der Waals surface area contributed by atoms with Crippen molar-refractivity contribution in [3.8, 4) is 0 Å². The van der Waals surface area contributed by atoms with Crippen LogP contribution in [0.4, 0.5) is 5.82 Å². The van der Waals surface area contributed by atoms with E-state index in [1.54, 1.807) is 18.3 Å². The molecule has 1 saturated heterocycles. The Labute approximate surface area is 188 Å². The lowest BCUT2D eigenvalue weighted by Gasteiger charge is -2.41. The van der Waals surface area contributed by atoms with Gasteiger partial charge in [-0.25, -0.2) is 15.0 Å². The van der Waals surface area contributed by atoms with Crippen molar-refractivity contribution in [2.45, 2.75) is 51.7 Å². The van der Waals surface area contributed by atoms with Gasteiger partial charge in [-0.15, -0.1) is 0 Å². The van der Waals surface area contributed by atoms with Crippen LogP contribution in [-0.2, 0) is 17.8 Å². The number of amides is 1. The predicted octanol–water partition coefficient (Wildman–Crippen LogP) is 2.58. The number of nitrogens with zero attached hydrogens (tertiary/aromatic N) is 6. The summed E-state index contributed by atoms with van der Waals surface area (Å²) >= 11 is 0. The van der Waals surface area contributed by atoms with Crippen molar-refractivity contribution < 1.29 is 9.90 Å². The molecule has 1 fully saturated rings. The van der Waals surface area contributed by atoms with Gasteiger partial charge in [-0.1, -0.05) is 19.1 Å². The number of β-amino-alcohol motifs (C(OH)–C–C–N with tert-alkyl or cyclic N) is 1. The summed E-state index contributed by atoms with van der Waals surface area (Å²) in [7, 11) is 1.78. The average molecular weight is 437 g/mol. The monoisotopic (exact) mass is 436 g/mol. The second kappa shape index (κ2) is 9.24. The van der Waals surface area contributed by atoms with Crippen LogP contribution in [0.2, 0.25) is 0 Å². The highest BCUT2D eigenvalue weighted by atomic mass is 16.3. The lowest BCUT2D eigenvalue weighted by atomic mass is 9.92. The van der Waals surface area contributed by atoms with Crippen molar-refractivity contribution in [1.82, 2.24) is 24.4 Å². The number of piperidine rings is 1. The van der Waals surface area contributed by atoms with Crippen molar-refractivity contribution in [2.75, 3.05) is 31.6 Å². The zero-order chi connectivity index (χ0) is 22.7. The molecule has 3 aromatic rings. The first-order valence-electron chi connectivity index (χ1n) is 11.3. The van der Waals surface area contributed by atoms with Crippen molar-refractivity contribution in [3.63, 3.8) is 0 Å². The number of carbonyl (C=O) groups excluding carboxylic acids is 1. The molecule has 1 unspecified atom stereocenters. The summed E-state index contributed by atoms with van der Waals surface area (Å²) in [6.07, 6.45) is 4.25. The molecule has 3 heterocycles. The highest BCUT2D eigenvalue weighted by molar-refractivity contribution is 5.78. The number of fused-ring (bicyclic) bond motifs is 1. The molecule has 4 rings (SSSR count). The highest BCUT2D eigenvalue weighted by Crippen LogP contribution is 2.26. The zero-order valence-electron chi connectivity index (χ0n) is 19.2. The second-order valence-electron chi connectivity index (χ2n) is 8.79. The smallest absolute Gasteiger partial charge is 0.224 e. The van der Waals surface area contributed by atoms with E-state index < -0.39 is 5.60 Å². The number of aromatic nitrogens is 4. The number of benzene rings is 1. The summed E-state index contributed by atoms with van der Waals surface area (Å²) in [6.45, 7) is 6.18. The van der Waals surface area contributed by atoms with Gasteiger partial charge in [-0.05, 0) is 31.9 Å². The lowest BCUT2D eigenvalue weighted by molar-refractivity contribution is -0.133. The summed E-state index contributed by atoms with van der Waals surface area (Å²) in [5.41, 5.74) is 1.95. The molecule has 1 aliphatic rings. The Hall–Kier alpha value is -3.00. The van der Waals surface area contributed by atoms with Crippen LogP contribution in [0.3, 0.4) is 0 Å². The first-order valence-corrected chi connectivity index (χ1v) is 11.3. The van der Waals surface area contributed by atoms with E-state index in [0.717, 1.165) is 47.8 Å². The molecule has 8 nitrogen and oxygen atoms in total. The molecule has 0 bridgehead atoms. The first kappa shape index (κ1) is 22.2. The predicted molar refractivity (Wildman–Crippen MR) is 125 cm³/mol. The number of rotatable bonds is 7. The van der Waals surface area contributed by atoms with Crippen LogP contribution in [-0.4, -0.2) is 67.7 Å². The SMILES string of the molecule is CCc1nc2ccccc2n1CCC(=O)N(C)CC1(O)CCCN(c2cc(C)ncn2)C1. The van der Waals surface area contributed by atoms with E-state index in [1.807, 2.05) is 37.3 Å². The van der Waals surface area contributed by atoms with E-state index in [2.05, 4.69) is 31.3 Å². The van der Waals surface area contributed by atoms with Gasteiger partial charge in [-0.2, -0.15) is 0 Å². The minimum Gasteiger partial charge on any atom is -0.386 e. The number of anilines is 1. The summed E-state index contributed by atoms with van der Waals surface area (Å²) in [5.74, 6) is 1.83. The van der Waals surface area contributed by atoms with Gasteiger partial charge in [-0.3, -0.25) is 4.79 Å². The van der Waals surface area contributed by atoms with E-state index in [0.29, 0.717) is 32.5 Å². The average Bonchev–Trinajstić information content (AvgIpc) is 3.15. The highest BCUT2D eigenvalue weighted by Gasteiger charge is 2.36. The normalized spacial score (nSPS) is 18.8. The van der Waals surface area contributed by atoms with Crippen LogP contribution in [0, 0.1) is 6.92 Å². The van der Waals surface area contributed by atoms with Crippen molar-refractivity contribution >= 4 is 22.8 Å². The van der Waals surface area contributed by atoms with Gasteiger partial charge in [0.05, 0.1) is 23.2 Å². The number of imidazole rings is 1. The number of hydrogen-bond acceptors (Lipinski definition) is 6. The molecule has 8 heteroatoms. The summed E-state index contributed by atoms with van der Waals surface area (Å²) < 4.78 is 2.13. The summed E-state index contributed by atoms with van der Waals surface area (Å²) in [4.78, 5) is 29.9. The molecule has 170 valence electrons. The first-order chi connectivity index (χ1) is 15.4. The standard InChI is InChI=1S/C24H32N6O2/c1-4-21-27-19-8-5-6-9-20(19)30(21)13-10-23(31)28(3)15-24(32)11-7-12-29(16-24)22-14-18(2)25-17-26-22/h5-6,8-9,14,17,32H,4,7,10-13,15-16H2,1-3H3. The minimum atomic E-state index is -0.961. The quantitative estimate of drug-likeness (QED) is 0.613. The summed E-state index contributed by atoms with van der Waals surface area (Å²) in [6, 6.07) is 9.96. The topological polar surface area (TPSA) is 87.4 Å². The van der Waals surface area contributed by atoms with Gasteiger partial charge in [0.2, 0.25) is 5.91 Å². The molecular formula is C24H32N6O2. The third-order valence-electron chi connectivity index (χ3n) is 6.23. The van der Waals surface area contributed by atoms with E-state index in [-0.39, 0.29) is 5.91 Å². The number of aliphatic hydroxyl groups is 1. The minimum absolute atomic E-state index is 0.0215. The van der Waals surface area contributed by atoms with Gasteiger partial charge in [0, 0.05) is 51.3 Å². The molecular weight excluding hydrogens is 404 g/mol. The Bertz CT molecular complexity index is 1100. The Morgan fingerprint density at radius 3 is 2.88 bits per heavy atom. The van der Waals surface area contributed by atoms with Crippen molar-refractivity contribution in [2.24, 2.45) is 0 Å². The van der Waals surface area contributed by atoms with Gasteiger partial charge >= 0.3 is 0 Å². The fourth-order valence-electron chi connectivity index (χ4n) is 4.62. The molecule has 1 N–H and O–H groups in total. The third kappa shape index (κ3) is 4.75. The Morgan fingerprint density at radius 1 is 1.28 bits per heavy atom. The van der Waals surface area contributed by atoms with E-state index in [4.69, 9.17) is 0 Å². The molecule has 32 heavy (non-hydrogen) atoms. The van der Waals surface area contributed by atoms with E-state index in [9.17, 15) is 9.90 Å². The number of hydrogen-bond donors (Lipinski definition) is 1. The molecule has 1 aromatic carbocycles. The number of carbonyl (C=O) groups is 1.